The molecule has 1 aliphatic rings. The Morgan fingerprint density at radius 3 is 2.48 bits per heavy atom. The van der Waals surface area contributed by atoms with Crippen LogP contribution in [0.1, 0.15) is 29.8 Å². The van der Waals surface area contributed by atoms with E-state index in [1.54, 1.807) is 7.05 Å². The van der Waals surface area contributed by atoms with Crippen LogP contribution in [-0.2, 0) is 32.0 Å². The molecule has 0 atom stereocenters. The maximum absolute atomic E-state index is 13.0. The molecule has 2 aromatic heterocycles. The molecule has 0 unspecified atom stereocenters. The molecule has 9 heteroatoms. The summed E-state index contributed by atoms with van der Waals surface area (Å²) in [7, 11) is 3.12. The summed E-state index contributed by atoms with van der Waals surface area (Å²) >= 11 is 0. The Balaban J connectivity index is 1.78. The SMILES string of the molecule is Cc1cccc(Cn2c(CN3CCC(C(N)=O)CC3)nc3c2c(=O)n(C)c(=O)n3C)c1. The van der Waals surface area contributed by atoms with Gasteiger partial charge < -0.3 is 10.3 Å². The maximum atomic E-state index is 13.0. The second-order valence-corrected chi connectivity index (χ2v) is 8.43. The predicted molar refractivity (Wildman–Crippen MR) is 118 cm³/mol. The van der Waals surface area contributed by atoms with Crippen molar-refractivity contribution in [2.75, 3.05) is 13.1 Å². The van der Waals surface area contributed by atoms with Crippen LogP contribution in [0, 0.1) is 12.8 Å². The summed E-state index contributed by atoms with van der Waals surface area (Å²) in [5.41, 5.74) is 7.72. The third kappa shape index (κ3) is 3.93. The molecular formula is C22H28N6O3. The van der Waals surface area contributed by atoms with E-state index < -0.39 is 5.69 Å². The number of piperidine rings is 1. The van der Waals surface area contributed by atoms with Gasteiger partial charge in [-0.15, -0.1) is 0 Å². The first-order valence-electron chi connectivity index (χ1n) is 10.5. The molecule has 1 aliphatic heterocycles. The predicted octanol–water partition coefficient (Wildman–Crippen LogP) is 0.488. The minimum absolute atomic E-state index is 0.0875. The van der Waals surface area contributed by atoms with Gasteiger partial charge in [0.2, 0.25) is 5.91 Å². The number of imidazole rings is 1. The Morgan fingerprint density at radius 2 is 1.84 bits per heavy atom. The number of carbonyl (C=O) groups is 1. The van der Waals surface area contributed by atoms with Gasteiger partial charge in [-0.3, -0.25) is 23.6 Å². The Kier molecular flexibility index (Phi) is 5.53. The van der Waals surface area contributed by atoms with E-state index in [1.165, 1.54) is 11.6 Å². The fourth-order valence-electron chi connectivity index (χ4n) is 4.35. The quantitative estimate of drug-likeness (QED) is 0.641. The van der Waals surface area contributed by atoms with Crippen LogP contribution in [0.2, 0.25) is 0 Å². The van der Waals surface area contributed by atoms with E-state index in [0.29, 0.717) is 37.1 Å². The van der Waals surface area contributed by atoms with Crippen molar-refractivity contribution in [2.24, 2.45) is 25.7 Å². The lowest BCUT2D eigenvalue weighted by Gasteiger charge is -2.30. The number of hydrogen-bond donors (Lipinski definition) is 1. The van der Waals surface area contributed by atoms with Crippen molar-refractivity contribution in [2.45, 2.75) is 32.9 Å². The molecule has 1 amide bonds. The zero-order valence-electron chi connectivity index (χ0n) is 18.2. The lowest BCUT2D eigenvalue weighted by atomic mass is 9.96. The molecule has 4 rings (SSSR count). The summed E-state index contributed by atoms with van der Waals surface area (Å²) in [5.74, 6) is 0.396. The van der Waals surface area contributed by atoms with Crippen LogP contribution in [0.3, 0.4) is 0 Å². The number of nitrogens with zero attached hydrogens (tertiary/aromatic N) is 5. The second kappa shape index (κ2) is 8.14. The number of benzene rings is 1. The van der Waals surface area contributed by atoms with Gasteiger partial charge in [-0.25, -0.2) is 9.78 Å². The van der Waals surface area contributed by atoms with Crippen molar-refractivity contribution >= 4 is 17.1 Å². The number of carbonyl (C=O) groups excluding carboxylic acids is 1. The number of amides is 1. The zero-order valence-corrected chi connectivity index (χ0v) is 18.2. The van der Waals surface area contributed by atoms with Gasteiger partial charge in [0.25, 0.3) is 5.56 Å². The van der Waals surface area contributed by atoms with E-state index in [2.05, 4.69) is 11.0 Å². The van der Waals surface area contributed by atoms with Gasteiger partial charge in [0.15, 0.2) is 11.2 Å². The van der Waals surface area contributed by atoms with E-state index in [1.807, 2.05) is 29.7 Å². The molecule has 0 aliphatic carbocycles. The summed E-state index contributed by atoms with van der Waals surface area (Å²) in [6.45, 7) is 4.51. The highest BCUT2D eigenvalue weighted by molar-refractivity contribution is 5.76. The average molecular weight is 425 g/mol. The van der Waals surface area contributed by atoms with Gasteiger partial charge in [0.05, 0.1) is 6.54 Å². The standard InChI is InChI=1S/C22H28N6O3/c1-14-5-4-6-15(11-14)12-28-17(13-27-9-7-16(8-10-27)19(23)29)24-20-18(28)21(30)26(3)22(31)25(20)2/h4-6,11,16H,7-10,12-13H2,1-3H3,(H2,23,29). The highest BCUT2D eigenvalue weighted by Crippen LogP contribution is 2.21. The van der Waals surface area contributed by atoms with Gasteiger partial charge in [-0.05, 0) is 38.4 Å². The van der Waals surface area contributed by atoms with E-state index >= 15 is 0 Å². The second-order valence-electron chi connectivity index (χ2n) is 8.43. The molecule has 0 radical (unpaired) electrons. The minimum atomic E-state index is -0.397. The first-order valence-corrected chi connectivity index (χ1v) is 10.5. The first kappa shape index (κ1) is 21.0. The monoisotopic (exact) mass is 424 g/mol. The maximum Gasteiger partial charge on any atom is 0.332 e. The molecular weight excluding hydrogens is 396 g/mol. The normalized spacial score (nSPS) is 15.6. The zero-order chi connectivity index (χ0) is 22.3. The Bertz CT molecular complexity index is 1260. The van der Waals surface area contributed by atoms with Crippen molar-refractivity contribution < 1.29 is 4.79 Å². The highest BCUT2D eigenvalue weighted by Gasteiger charge is 2.26. The number of likely N-dealkylation sites (tertiary alicyclic amines) is 1. The lowest BCUT2D eigenvalue weighted by Crippen LogP contribution is -2.38. The number of nitrogens with two attached hydrogens (primary N) is 1. The minimum Gasteiger partial charge on any atom is -0.369 e. The van der Waals surface area contributed by atoms with E-state index in [9.17, 15) is 14.4 Å². The Labute approximate surface area is 179 Å². The third-order valence-corrected chi connectivity index (χ3v) is 6.21. The number of fused-ring (bicyclic) bond motifs is 1. The molecule has 1 saturated heterocycles. The topological polar surface area (TPSA) is 108 Å². The molecule has 9 nitrogen and oxygen atoms in total. The number of aromatic nitrogens is 4. The molecule has 2 N–H and O–H groups in total. The molecule has 0 saturated carbocycles. The number of aryl methyl sites for hydroxylation is 2. The summed E-state index contributed by atoms with van der Waals surface area (Å²) in [4.78, 5) is 43.9. The van der Waals surface area contributed by atoms with Gasteiger partial charge >= 0.3 is 5.69 Å². The van der Waals surface area contributed by atoms with Crippen LogP contribution in [0.15, 0.2) is 33.9 Å². The Hall–Kier alpha value is -3.20. The van der Waals surface area contributed by atoms with Crippen LogP contribution in [-0.4, -0.2) is 42.6 Å². The molecule has 0 spiro atoms. The highest BCUT2D eigenvalue weighted by atomic mass is 16.2. The largest absolute Gasteiger partial charge is 0.369 e. The molecule has 31 heavy (non-hydrogen) atoms. The molecule has 1 aromatic carbocycles. The van der Waals surface area contributed by atoms with Crippen molar-refractivity contribution in [3.63, 3.8) is 0 Å². The smallest absolute Gasteiger partial charge is 0.332 e. The van der Waals surface area contributed by atoms with Gasteiger partial charge in [0.1, 0.15) is 5.82 Å². The fraction of sp³-hybridized carbons (Fsp3) is 0.455. The molecule has 164 valence electrons. The van der Waals surface area contributed by atoms with Crippen LogP contribution in [0.25, 0.3) is 11.2 Å². The summed E-state index contributed by atoms with van der Waals surface area (Å²) < 4.78 is 4.47. The third-order valence-electron chi connectivity index (χ3n) is 6.21. The molecule has 3 aromatic rings. The van der Waals surface area contributed by atoms with E-state index in [-0.39, 0.29) is 17.4 Å². The Morgan fingerprint density at radius 1 is 1.13 bits per heavy atom. The van der Waals surface area contributed by atoms with Crippen LogP contribution >= 0.6 is 0 Å². The van der Waals surface area contributed by atoms with E-state index in [4.69, 9.17) is 10.7 Å². The first-order chi connectivity index (χ1) is 14.8. The fourth-order valence-corrected chi connectivity index (χ4v) is 4.35. The molecule has 3 heterocycles. The van der Waals surface area contributed by atoms with Crippen molar-refractivity contribution in [3.05, 3.63) is 62.1 Å². The van der Waals surface area contributed by atoms with Crippen LogP contribution < -0.4 is 17.0 Å². The van der Waals surface area contributed by atoms with E-state index in [0.717, 1.165) is 34.6 Å². The van der Waals surface area contributed by atoms with Crippen LogP contribution in [0.5, 0.6) is 0 Å². The molecule has 1 fully saturated rings. The van der Waals surface area contributed by atoms with Gasteiger partial charge in [-0.2, -0.15) is 0 Å². The van der Waals surface area contributed by atoms with Crippen molar-refractivity contribution in [1.82, 2.24) is 23.6 Å². The number of hydrogen-bond acceptors (Lipinski definition) is 5. The lowest BCUT2D eigenvalue weighted by molar-refractivity contribution is -0.123. The van der Waals surface area contributed by atoms with Gasteiger partial charge in [0, 0.05) is 26.6 Å². The summed E-state index contributed by atoms with van der Waals surface area (Å²) in [6, 6.07) is 8.13. The van der Waals surface area contributed by atoms with Crippen LogP contribution in [0.4, 0.5) is 0 Å². The summed E-state index contributed by atoms with van der Waals surface area (Å²) in [5, 5.41) is 0. The summed E-state index contributed by atoms with van der Waals surface area (Å²) in [6.07, 6.45) is 1.43. The van der Waals surface area contributed by atoms with Gasteiger partial charge in [-0.1, -0.05) is 29.8 Å². The molecule has 0 bridgehead atoms. The number of primary amides is 1. The number of rotatable bonds is 5. The van der Waals surface area contributed by atoms with Crippen molar-refractivity contribution in [3.8, 4) is 0 Å². The average Bonchev–Trinajstić information content (AvgIpc) is 3.09. The van der Waals surface area contributed by atoms with Crippen molar-refractivity contribution in [1.29, 1.82) is 0 Å².